The van der Waals surface area contributed by atoms with E-state index in [-0.39, 0.29) is 17.0 Å². The fraction of sp³-hybridized carbons (Fsp3) is 0.370. The molecule has 36 heavy (non-hydrogen) atoms. The Labute approximate surface area is 214 Å². The Morgan fingerprint density at radius 2 is 2.00 bits per heavy atom. The lowest BCUT2D eigenvalue weighted by molar-refractivity contribution is -0.125. The topological polar surface area (TPSA) is 79.4 Å². The summed E-state index contributed by atoms with van der Waals surface area (Å²) in [4.78, 5) is 22.9. The molecular formula is C27H29ClFN5O2. The van der Waals surface area contributed by atoms with Crippen molar-refractivity contribution < 1.29 is 13.9 Å². The largest absolute Gasteiger partial charge is 0.488 e. The number of benzene rings is 2. The maximum atomic E-state index is 13.6. The highest BCUT2D eigenvalue weighted by atomic mass is 35.5. The number of likely N-dealkylation sites (N-methyl/N-ethyl adjacent to an activating group) is 1. The van der Waals surface area contributed by atoms with Crippen molar-refractivity contribution in [2.75, 3.05) is 24.2 Å². The highest BCUT2D eigenvalue weighted by Gasteiger charge is 2.28. The molecule has 0 aliphatic heterocycles. The summed E-state index contributed by atoms with van der Waals surface area (Å²) < 4.78 is 20.0. The molecule has 0 saturated heterocycles. The molecule has 2 fully saturated rings. The number of fused-ring (bicyclic) bond motifs is 1. The number of anilines is 3. The van der Waals surface area contributed by atoms with Gasteiger partial charge in [0, 0.05) is 42.9 Å². The number of amides is 1. The van der Waals surface area contributed by atoms with Gasteiger partial charge in [0.2, 0.25) is 5.91 Å². The smallest absolute Gasteiger partial charge is 0.246 e. The first-order valence-corrected chi connectivity index (χ1v) is 12.7. The Balaban J connectivity index is 1.40. The SMILES string of the molecule is CN(C(=O)C=CCNc1cc2c(Nc3ccc(F)c(Cl)c3)ncnc2cc1OC1CCCC1)C1CC1. The van der Waals surface area contributed by atoms with E-state index in [2.05, 4.69) is 20.6 Å². The molecule has 0 atom stereocenters. The van der Waals surface area contributed by atoms with Crippen LogP contribution in [0.3, 0.4) is 0 Å². The van der Waals surface area contributed by atoms with Crippen molar-refractivity contribution in [3.8, 4) is 5.75 Å². The zero-order chi connectivity index (χ0) is 25.1. The van der Waals surface area contributed by atoms with E-state index < -0.39 is 5.82 Å². The highest BCUT2D eigenvalue weighted by molar-refractivity contribution is 6.31. The number of ether oxygens (including phenoxy) is 1. The number of carbonyl (C=O) groups excluding carboxylic acids is 1. The molecule has 1 heterocycles. The van der Waals surface area contributed by atoms with Gasteiger partial charge >= 0.3 is 0 Å². The van der Waals surface area contributed by atoms with Crippen molar-refractivity contribution in [2.45, 2.75) is 50.7 Å². The lowest BCUT2D eigenvalue weighted by atomic mass is 10.1. The van der Waals surface area contributed by atoms with Crippen molar-refractivity contribution in [3.63, 3.8) is 0 Å². The third kappa shape index (κ3) is 5.70. The molecule has 2 aliphatic carbocycles. The van der Waals surface area contributed by atoms with Crippen LogP contribution >= 0.6 is 11.6 Å². The minimum Gasteiger partial charge on any atom is -0.488 e. The summed E-state index contributed by atoms with van der Waals surface area (Å²) in [6, 6.07) is 8.66. The van der Waals surface area contributed by atoms with Gasteiger partial charge in [-0.25, -0.2) is 14.4 Å². The van der Waals surface area contributed by atoms with Crippen molar-refractivity contribution >= 4 is 45.6 Å². The van der Waals surface area contributed by atoms with Gasteiger partial charge in [-0.15, -0.1) is 0 Å². The number of hydrogen-bond donors (Lipinski definition) is 2. The molecule has 0 spiro atoms. The average molecular weight is 510 g/mol. The molecule has 0 bridgehead atoms. The van der Waals surface area contributed by atoms with Crippen LogP contribution in [0.2, 0.25) is 5.02 Å². The van der Waals surface area contributed by atoms with Crippen LogP contribution in [-0.4, -0.2) is 46.5 Å². The van der Waals surface area contributed by atoms with Crippen molar-refractivity contribution in [2.24, 2.45) is 0 Å². The van der Waals surface area contributed by atoms with Crippen molar-refractivity contribution in [3.05, 3.63) is 59.7 Å². The summed E-state index contributed by atoms with van der Waals surface area (Å²) in [6.07, 6.45) is 11.6. The van der Waals surface area contributed by atoms with Crippen LogP contribution in [0.15, 0.2) is 48.8 Å². The predicted molar refractivity (Wildman–Crippen MR) is 141 cm³/mol. The first-order chi connectivity index (χ1) is 17.5. The Bertz CT molecular complexity index is 1290. The fourth-order valence-corrected chi connectivity index (χ4v) is 4.58. The molecule has 7 nitrogen and oxygen atoms in total. The Kier molecular flexibility index (Phi) is 7.23. The van der Waals surface area contributed by atoms with E-state index >= 15 is 0 Å². The number of aromatic nitrogens is 2. The molecule has 2 saturated carbocycles. The van der Waals surface area contributed by atoms with E-state index in [4.69, 9.17) is 16.3 Å². The first-order valence-electron chi connectivity index (χ1n) is 12.3. The molecule has 5 rings (SSSR count). The normalized spacial score (nSPS) is 16.0. The van der Waals surface area contributed by atoms with Gasteiger partial charge in [0.15, 0.2) is 0 Å². The van der Waals surface area contributed by atoms with Crippen LogP contribution in [0.1, 0.15) is 38.5 Å². The Morgan fingerprint density at radius 3 is 2.75 bits per heavy atom. The van der Waals surface area contributed by atoms with E-state index in [1.165, 1.54) is 18.5 Å². The predicted octanol–water partition coefficient (Wildman–Crippen LogP) is 6.08. The summed E-state index contributed by atoms with van der Waals surface area (Å²) in [5.74, 6) is 0.816. The van der Waals surface area contributed by atoms with Gasteiger partial charge < -0.3 is 20.3 Å². The molecule has 0 unspecified atom stereocenters. The average Bonchev–Trinajstić information content (AvgIpc) is 3.60. The monoisotopic (exact) mass is 509 g/mol. The highest BCUT2D eigenvalue weighted by Crippen LogP contribution is 2.36. The molecule has 3 aromatic rings. The maximum absolute atomic E-state index is 13.6. The number of nitrogens with one attached hydrogen (secondary N) is 2. The summed E-state index contributed by atoms with van der Waals surface area (Å²) in [5.41, 5.74) is 2.12. The minimum absolute atomic E-state index is 0.0121. The number of rotatable bonds is 9. The van der Waals surface area contributed by atoms with Gasteiger partial charge in [0.1, 0.15) is 23.7 Å². The molecule has 2 N–H and O–H groups in total. The number of hydrogen-bond acceptors (Lipinski definition) is 6. The standard InChI is InChI=1S/C27H29ClFN5O2/c1-34(18-9-10-18)26(35)7-4-12-30-24-14-20-23(15-25(24)36-19-5-2-3-6-19)31-16-32-27(20)33-17-8-11-22(29)21(28)13-17/h4,7-8,11,13-16,18-19,30H,2-3,5-6,9-10,12H2,1H3,(H,31,32,33). The maximum Gasteiger partial charge on any atom is 0.246 e. The van der Waals surface area contributed by atoms with Crippen LogP contribution in [0.25, 0.3) is 10.9 Å². The van der Waals surface area contributed by atoms with Crippen LogP contribution in [0, 0.1) is 5.82 Å². The minimum atomic E-state index is -0.482. The second kappa shape index (κ2) is 10.7. The quantitative estimate of drug-likeness (QED) is 0.340. The van der Waals surface area contributed by atoms with E-state index in [1.807, 2.05) is 25.3 Å². The molecule has 1 amide bonds. The van der Waals surface area contributed by atoms with E-state index in [0.717, 1.165) is 60.9 Å². The van der Waals surface area contributed by atoms with Gasteiger partial charge in [0.05, 0.1) is 22.3 Å². The van der Waals surface area contributed by atoms with Gasteiger partial charge in [-0.3, -0.25) is 4.79 Å². The van der Waals surface area contributed by atoms with E-state index in [0.29, 0.717) is 24.1 Å². The van der Waals surface area contributed by atoms with E-state index in [9.17, 15) is 9.18 Å². The summed E-state index contributed by atoms with van der Waals surface area (Å²) in [5, 5.41) is 7.40. The van der Waals surface area contributed by atoms with Crippen molar-refractivity contribution in [1.82, 2.24) is 14.9 Å². The fourth-order valence-electron chi connectivity index (χ4n) is 4.40. The van der Waals surface area contributed by atoms with Crippen LogP contribution in [0.4, 0.5) is 21.6 Å². The van der Waals surface area contributed by atoms with E-state index in [1.54, 1.807) is 17.0 Å². The van der Waals surface area contributed by atoms with Crippen molar-refractivity contribution in [1.29, 1.82) is 0 Å². The molecule has 1 aromatic heterocycles. The number of halogens is 2. The molecular weight excluding hydrogens is 481 g/mol. The second-order valence-corrected chi connectivity index (χ2v) is 9.74. The zero-order valence-electron chi connectivity index (χ0n) is 20.1. The molecule has 0 radical (unpaired) electrons. The van der Waals surface area contributed by atoms with Crippen LogP contribution < -0.4 is 15.4 Å². The number of nitrogens with zero attached hydrogens (tertiary/aromatic N) is 3. The summed E-state index contributed by atoms with van der Waals surface area (Å²) in [7, 11) is 1.84. The van der Waals surface area contributed by atoms with Gasteiger partial charge in [-0.05, 0) is 62.8 Å². The van der Waals surface area contributed by atoms with Gasteiger partial charge in [-0.2, -0.15) is 0 Å². The van der Waals surface area contributed by atoms with Gasteiger partial charge in [0.25, 0.3) is 0 Å². The third-order valence-electron chi connectivity index (χ3n) is 6.63. The lowest BCUT2D eigenvalue weighted by Gasteiger charge is -2.19. The van der Waals surface area contributed by atoms with Crippen LogP contribution in [-0.2, 0) is 4.79 Å². The molecule has 2 aromatic carbocycles. The molecule has 9 heteroatoms. The number of carbonyl (C=O) groups is 1. The Morgan fingerprint density at radius 1 is 1.19 bits per heavy atom. The summed E-state index contributed by atoms with van der Waals surface area (Å²) >= 11 is 5.95. The van der Waals surface area contributed by atoms with Gasteiger partial charge in [-0.1, -0.05) is 17.7 Å². The first kappa shape index (κ1) is 24.3. The molecule has 188 valence electrons. The Hall–Kier alpha value is -3.39. The lowest BCUT2D eigenvalue weighted by Crippen LogP contribution is -2.26. The second-order valence-electron chi connectivity index (χ2n) is 9.33. The molecule has 2 aliphatic rings. The third-order valence-corrected chi connectivity index (χ3v) is 6.92. The van der Waals surface area contributed by atoms with Crippen LogP contribution in [0.5, 0.6) is 5.75 Å². The summed E-state index contributed by atoms with van der Waals surface area (Å²) in [6.45, 7) is 0.459. The zero-order valence-corrected chi connectivity index (χ0v) is 20.9.